The van der Waals surface area contributed by atoms with Crippen LogP contribution < -0.4 is 5.73 Å². The third-order valence-electron chi connectivity index (χ3n) is 4.23. The molecule has 1 amide bonds. The molecule has 0 bridgehead atoms. The number of benzene rings is 1. The van der Waals surface area contributed by atoms with E-state index in [4.69, 9.17) is 5.73 Å². The molecule has 4 heteroatoms. The minimum absolute atomic E-state index is 0.0172. The van der Waals surface area contributed by atoms with Crippen LogP contribution in [-0.2, 0) is 11.3 Å². The van der Waals surface area contributed by atoms with E-state index < -0.39 is 0 Å². The summed E-state index contributed by atoms with van der Waals surface area (Å²) in [6.45, 7) is 3.14. The molecule has 0 aliphatic heterocycles. The molecule has 0 radical (unpaired) electrons. The maximum Gasteiger partial charge on any atom is 0.226 e. The lowest BCUT2D eigenvalue weighted by Crippen LogP contribution is -2.36. The number of carbonyl (C=O) groups is 1. The Morgan fingerprint density at radius 3 is 2.76 bits per heavy atom. The molecule has 0 heterocycles. The highest BCUT2D eigenvalue weighted by Gasteiger charge is 2.31. The Labute approximate surface area is 126 Å². The third-order valence-corrected chi connectivity index (χ3v) is 4.23. The number of unbranched alkanes of at least 4 members (excludes halogenated alkanes) is 1. The van der Waals surface area contributed by atoms with E-state index in [2.05, 4.69) is 6.92 Å². The second-order valence-electron chi connectivity index (χ2n) is 5.97. The van der Waals surface area contributed by atoms with Crippen LogP contribution in [0.5, 0.6) is 0 Å². The first-order valence-electron chi connectivity index (χ1n) is 7.89. The SMILES string of the molecule is CCCCN(Cc1ccccc1F)C(=O)C1CCC(N)C1. The first-order valence-corrected chi connectivity index (χ1v) is 7.89. The minimum Gasteiger partial charge on any atom is -0.338 e. The van der Waals surface area contributed by atoms with Crippen molar-refractivity contribution < 1.29 is 9.18 Å². The summed E-state index contributed by atoms with van der Waals surface area (Å²) in [6.07, 6.45) is 4.50. The van der Waals surface area contributed by atoms with Crippen molar-refractivity contribution in [3.63, 3.8) is 0 Å². The number of amides is 1. The van der Waals surface area contributed by atoms with Gasteiger partial charge in [0.15, 0.2) is 0 Å². The van der Waals surface area contributed by atoms with Crippen LogP contribution >= 0.6 is 0 Å². The Bertz CT molecular complexity index is 478. The highest BCUT2D eigenvalue weighted by molar-refractivity contribution is 5.79. The summed E-state index contributed by atoms with van der Waals surface area (Å²) in [5.41, 5.74) is 6.50. The van der Waals surface area contributed by atoms with Gasteiger partial charge in [0.2, 0.25) is 5.91 Å². The molecule has 1 aromatic rings. The largest absolute Gasteiger partial charge is 0.338 e. The lowest BCUT2D eigenvalue weighted by Gasteiger charge is -2.26. The molecule has 1 aliphatic rings. The maximum absolute atomic E-state index is 13.8. The first-order chi connectivity index (χ1) is 10.1. The summed E-state index contributed by atoms with van der Waals surface area (Å²) in [5, 5.41) is 0. The Balaban J connectivity index is 2.07. The normalized spacial score (nSPS) is 21.5. The molecule has 1 fully saturated rings. The Kier molecular flexibility index (Phi) is 5.74. The second kappa shape index (κ2) is 7.55. The molecule has 3 nitrogen and oxygen atoms in total. The van der Waals surface area contributed by atoms with Crippen molar-refractivity contribution in [1.82, 2.24) is 4.90 Å². The van der Waals surface area contributed by atoms with Crippen molar-refractivity contribution in [1.29, 1.82) is 0 Å². The van der Waals surface area contributed by atoms with E-state index in [0.717, 1.165) is 32.1 Å². The Hall–Kier alpha value is -1.42. The molecule has 2 unspecified atom stereocenters. The van der Waals surface area contributed by atoms with Gasteiger partial charge >= 0.3 is 0 Å². The molecule has 21 heavy (non-hydrogen) atoms. The smallest absolute Gasteiger partial charge is 0.226 e. The summed E-state index contributed by atoms with van der Waals surface area (Å²) < 4.78 is 13.8. The van der Waals surface area contributed by atoms with Crippen LogP contribution in [0.3, 0.4) is 0 Å². The standard InChI is InChI=1S/C17H25FN2O/c1-2-3-10-20(12-14-6-4-5-7-16(14)18)17(21)13-8-9-15(19)11-13/h4-7,13,15H,2-3,8-12,19H2,1H3. The number of hydrogen-bond donors (Lipinski definition) is 1. The zero-order valence-corrected chi connectivity index (χ0v) is 12.7. The third kappa shape index (κ3) is 4.27. The lowest BCUT2D eigenvalue weighted by molar-refractivity contribution is -0.136. The van der Waals surface area contributed by atoms with Crippen molar-refractivity contribution in [2.75, 3.05) is 6.54 Å². The molecule has 2 N–H and O–H groups in total. The van der Waals surface area contributed by atoms with Gasteiger partial charge < -0.3 is 10.6 Å². The van der Waals surface area contributed by atoms with E-state index in [9.17, 15) is 9.18 Å². The summed E-state index contributed by atoms with van der Waals surface area (Å²) in [4.78, 5) is 14.5. The number of carbonyl (C=O) groups excluding carboxylic acids is 1. The van der Waals surface area contributed by atoms with E-state index in [1.165, 1.54) is 6.07 Å². The van der Waals surface area contributed by atoms with Gasteiger partial charge in [0.1, 0.15) is 5.82 Å². The number of rotatable bonds is 6. The fourth-order valence-corrected chi connectivity index (χ4v) is 2.95. The Morgan fingerprint density at radius 2 is 2.14 bits per heavy atom. The topological polar surface area (TPSA) is 46.3 Å². The van der Waals surface area contributed by atoms with Crippen molar-refractivity contribution >= 4 is 5.91 Å². The average Bonchev–Trinajstić information content (AvgIpc) is 2.91. The molecular formula is C17H25FN2O. The van der Waals surface area contributed by atoms with Crippen LogP contribution in [0.4, 0.5) is 4.39 Å². The van der Waals surface area contributed by atoms with Crippen LogP contribution in [0, 0.1) is 11.7 Å². The highest BCUT2D eigenvalue weighted by Crippen LogP contribution is 2.27. The lowest BCUT2D eigenvalue weighted by atomic mass is 10.0. The molecule has 2 rings (SSSR count). The first kappa shape index (κ1) is 16.0. The van der Waals surface area contributed by atoms with E-state index in [-0.39, 0.29) is 23.7 Å². The molecule has 1 aromatic carbocycles. The van der Waals surface area contributed by atoms with Crippen LogP contribution in [0.25, 0.3) is 0 Å². The highest BCUT2D eigenvalue weighted by atomic mass is 19.1. The van der Waals surface area contributed by atoms with E-state index in [1.54, 1.807) is 12.1 Å². The van der Waals surface area contributed by atoms with Crippen molar-refractivity contribution in [2.24, 2.45) is 11.7 Å². The molecular weight excluding hydrogens is 267 g/mol. The number of nitrogens with zero attached hydrogens (tertiary/aromatic N) is 1. The quantitative estimate of drug-likeness (QED) is 0.876. The van der Waals surface area contributed by atoms with Gasteiger partial charge in [-0.2, -0.15) is 0 Å². The molecule has 0 aromatic heterocycles. The van der Waals surface area contributed by atoms with Gasteiger partial charge in [-0.1, -0.05) is 31.5 Å². The summed E-state index contributed by atoms with van der Waals surface area (Å²) >= 11 is 0. The molecule has 1 aliphatic carbocycles. The predicted octanol–water partition coefficient (Wildman–Crippen LogP) is 3.08. The second-order valence-corrected chi connectivity index (χ2v) is 5.97. The van der Waals surface area contributed by atoms with Crippen LogP contribution in [0.1, 0.15) is 44.6 Å². The van der Waals surface area contributed by atoms with E-state index in [1.807, 2.05) is 11.0 Å². The predicted molar refractivity (Wildman–Crippen MR) is 82.0 cm³/mol. The van der Waals surface area contributed by atoms with Gasteiger partial charge in [-0.05, 0) is 31.7 Å². The summed E-state index contributed by atoms with van der Waals surface area (Å²) in [7, 11) is 0. The zero-order valence-electron chi connectivity index (χ0n) is 12.7. The van der Waals surface area contributed by atoms with E-state index >= 15 is 0 Å². The average molecular weight is 292 g/mol. The van der Waals surface area contributed by atoms with Gasteiger partial charge in [0.25, 0.3) is 0 Å². The van der Waals surface area contributed by atoms with Gasteiger partial charge in [-0.25, -0.2) is 4.39 Å². The fraction of sp³-hybridized carbons (Fsp3) is 0.588. The maximum atomic E-state index is 13.8. The van der Waals surface area contributed by atoms with Crippen LogP contribution in [0.15, 0.2) is 24.3 Å². The number of hydrogen-bond acceptors (Lipinski definition) is 2. The van der Waals surface area contributed by atoms with Crippen molar-refractivity contribution in [3.05, 3.63) is 35.6 Å². The molecule has 1 saturated carbocycles. The van der Waals surface area contributed by atoms with Crippen LogP contribution in [-0.4, -0.2) is 23.4 Å². The van der Waals surface area contributed by atoms with Crippen LogP contribution in [0.2, 0.25) is 0 Å². The number of nitrogens with two attached hydrogens (primary N) is 1. The Morgan fingerprint density at radius 1 is 1.38 bits per heavy atom. The molecule has 116 valence electrons. The summed E-state index contributed by atoms with van der Waals surface area (Å²) in [5.74, 6) is -0.0850. The zero-order chi connectivity index (χ0) is 15.2. The van der Waals surface area contributed by atoms with Gasteiger partial charge in [-0.3, -0.25) is 4.79 Å². The number of halogens is 1. The van der Waals surface area contributed by atoms with Gasteiger partial charge in [0.05, 0.1) is 0 Å². The molecule has 0 saturated heterocycles. The minimum atomic E-state index is -0.241. The fourth-order valence-electron chi connectivity index (χ4n) is 2.95. The van der Waals surface area contributed by atoms with Crippen molar-refractivity contribution in [3.8, 4) is 0 Å². The van der Waals surface area contributed by atoms with E-state index in [0.29, 0.717) is 18.7 Å². The monoisotopic (exact) mass is 292 g/mol. The summed E-state index contributed by atoms with van der Waals surface area (Å²) in [6, 6.07) is 6.82. The van der Waals surface area contributed by atoms with Crippen molar-refractivity contribution in [2.45, 2.75) is 51.6 Å². The molecule has 2 atom stereocenters. The van der Waals surface area contributed by atoms with Gasteiger partial charge in [0, 0.05) is 30.6 Å². The molecule has 0 spiro atoms. The van der Waals surface area contributed by atoms with Gasteiger partial charge in [-0.15, -0.1) is 0 Å².